The number of carbonyl (C=O) groups excluding carboxylic acids is 2. The molecule has 0 bridgehead atoms. The maximum absolute atomic E-state index is 12.9. The lowest BCUT2D eigenvalue weighted by Crippen LogP contribution is -2.46. The Morgan fingerprint density at radius 3 is 2.63 bits per heavy atom. The average molecular weight is 475 g/mol. The van der Waals surface area contributed by atoms with Crippen molar-refractivity contribution in [2.75, 3.05) is 18.4 Å². The number of anilines is 1. The number of benzene rings is 2. The fourth-order valence-electron chi connectivity index (χ4n) is 6.03. The van der Waals surface area contributed by atoms with E-state index in [1.54, 1.807) is 0 Å². The number of nitrogens with zero attached hydrogens (tertiary/aromatic N) is 1. The highest BCUT2D eigenvalue weighted by Crippen LogP contribution is 2.42. The maximum atomic E-state index is 12.9. The molecule has 1 N–H and O–H groups in total. The van der Waals surface area contributed by atoms with Crippen LogP contribution in [-0.4, -0.2) is 35.9 Å². The van der Waals surface area contributed by atoms with E-state index >= 15 is 0 Å². The van der Waals surface area contributed by atoms with Gasteiger partial charge in [0.05, 0.1) is 12.2 Å². The molecule has 3 aliphatic rings. The van der Waals surface area contributed by atoms with Gasteiger partial charge in [-0.1, -0.05) is 50.5 Å². The van der Waals surface area contributed by atoms with Gasteiger partial charge in [0.15, 0.2) is 0 Å². The van der Waals surface area contributed by atoms with E-state index in [9.17, 15) is 9.59 Å². The van der Waals surface area contributed by atoms with E-state index in [0.29, 0.717) is 17.4 Å². The lowest BCUT2D eigenvalue weighted by molar-refractivity contribution is -0.138. The lowest BCUT2D eigenvalue weighted by atomic mass is 9.90. The third kappa shape index (κ3) is 5.61. The Labute approximate surface area is 209 Å². The summed E-state index contributed by atoms with van der Waals surface area (Å²) in [5.74, 6) is 0.917. The zero-order valence-corrected chi connectivity index (χ0v) is 20.9. The van der Waals surface area contributed by atoms with Crippen LogP contribution in [0.1, 0.15) is 85.9 Å². The first-order chi connectivity index (χ1) is 17.1. The van der Waals surface area contributed by atoms with Crippen LogP contribution >= 0.6 is 0 Å². The van der Waals surface area contributed by atoms with Crippen molar-refractivity contribution in [3.8, 4) is 0 Å². The van der Waals surface area contributed by atoms with Crippen molar-refractivity contribution in [3.05, 3.63) is 65.2 Å². The van der Waals surface area contributed by atoms with Crippen LogP contribution in [0.15, 0.2) is 48.5 Å². The number of piperidine rings is 1. The second-order valence-electron chi connectivity index (χ2n) is 10.6. The molecule has 2 aliphatic heterocycles. The molecule has 2 amide bonds. The number of nitrogens with one attached hydrogen (secondary N) is 1. The molecule has 5 nitrogen and oxygen atoms in total. The molecule has 2 aromatic rings. The van der Waals surface area contributed by atoms with Gasteiger partial charge in [-0.2, -0.15) is 0 Å². The first-order valence-electron chi connectivity index (χ1n) is 13.5. The van der Waals surface area contributed by atoms with Crippen LogP contribution < -0.4 is 5.32 Å². The molecule has 3 atom stereocenters. The fraction of sp³-hybridized carbons (Fsp3) is 0.533. The summed E-state index contributed by atoms with van der Waals surface area (Å²) in [6, 6.07) is 16.0. The summed E-state index contributed by atoms with van der Waals surface area (Å²) < 4.78 is 6.44. The number of fused-ring (bicyclic) bond motifs is 1. The highest BCUT2D eigenvalue weighted by molar-refractivity contribution is 6.04. The molecular formula is C30H38N2O3. The van der Waals surface area contributed by atoms with Crippen LogP contribution in [0.4, 0.5) is 5.69 Å². The molecule has 2 aromatic carbocycles. The van der Waals surface area contributed by atoms with E-state index in [1.807, 2.05) is 30.3 Å². The first kappa shape index (κ1) is 24.1. The summed E-state index contributed by atoms with van der Waals surface area (Å²) in [6.07, 6.45) is 9.97. The summed E-state index contributed by atoms with van der Waals surface area (Å²) in [7, 11) is 0. The Balaban J connectivity index is 1.18. The van der Waals surface area contributed by atoms with Gasteiger partial charge in [-0.05, 0) is 73.9 Å². The van der Waals surface area contributed by atoms with Gasteiger partial charge in [0, 0.05) is 36.2 Å². The Morgan fingerprint density at radius 1 is 1.06 bits per heavy atom. The summed E-state index contributed by atoms with van der Waals surface area (Å²) in [4.78, 5) is 27.8. The molecular weight excluding hydrogens is 436 g/mol. The van der Waals surface area contributed by atoms with Crippen molar-refractivity contribution in [1.82, 2.24) is 4.90 Å². The number of likely N-dealkylation sites (tertiary alicyclic amines) is 1. The van der Waals surface area contributed by atoms with Crippen LogP contribution in [0.3, 0.4) is 0 Å². The molecule has 1 saturated carbocycles. The Kier molecular flexibility index (Phi) is 7.52. The van der Waals surface area contributed by atoms with Crippen molar-refractivity contribution in [1.29, 1.82) is 0 Å². The van der Waals surface area contributed by atoms with Gasteiger partial charge >= 0.3 is 0 Å². The highest BCUT2D eigenvalue weighted by atomic mass is 16.5. The molecule has 5 rings (SSSR count). The van der Waals surface area contributed by atoms with E-state index in [1.165, 1.54) is 24.8 Å². The minimum atomic E-state index is -0.0914. The Bertz CT molecular complexity index is 1030. The largest absolute Gasteiger partial charge is 0.370 e. The topological polar surface area (TPSA) is 58.6 Å². The third-order valence-corrected chi connectivity index (χ3v) is 8.09. The van der Waals surface area contributed by atoms with Gasteiger partial charge < -0.3 is 15.0 Å². The van der Waals surface area contributed by atoms with Crippen LogP contribution in [-0.2, 0) is 16.0 Å². The van der Waals surface area contributed by atoms with E-state index in [4.69, 9.17) is 4.74 Å². The van der Waals surface area contributed by atoms with Gasteiger partial charge in [-0.3, -0.25) is 9.59 Å². The van der Waals surface area contributed by atoms with Crippen molar-refractivity contribution >= 4 is 17.5 Å². The van der Waals surface area contributed by atoms with E-state index in [-0.39, 0.29) is 24.0 Å². The van der Waals surface area contributed by atoms with Crippen LogP contribution in [0.2, 0.25) is 0 Å². The smallest absolute Gasteiger partial charge is 0.255 e. The first-order valence-corrected chi connectivity index (χ1v) is 13.5. The SMILES string of the molecule is CCCCc1ccc(C(=O)Nc2cccc(C3CC4CN(C(=O)C5CCCC5)CCC4O3)c2)cc1. The molecule has 3 unspecified atom stereocenters. The average Bonchev–Trinajstić information content (AvgIpc) is 3.57. The molecule has 186 valence electrons. The zero-order chi connectivity index (χ0) is 24.2. The second-order valence-corrected chi connectivity index (χ2v) is 10.6. The number of unbranched alkanes of at least 4 members (excludes halogenated alkanes) is 1. The maximum Gasteiger partial charge on any atom is 0.255 e. The Morgan fingerprint density at radius 2 is 1.86 bits per heavy atom. The minimum absolute atomic E-state index is 0.0150. The second kappa shape index (κ2) is 10.9. The van der Waals surface area contributed by atoms with Crippen molar-refractivity contribution < 1.29 is 14.3 Å². The van der Waals surface area contributed by atoms with Crippen molar-refractivity contribution in [2.45, 2.75) is 76.9 Å². The summed E-state index contributed by atoms with van der Waals surface area (Å²) in [5, 5.41) is 3.05. The van der Waals surface area contributed by atoms with E-state index in [0.717, 1.165) is 62.9 Å². The van der Waals surface area contributed by atoms with Crippen molar-refractivity contribution in [3.63, 3.8) is 0 Å². The number of rotatable bonds is 7. The fourth-order valence-corrected chi connectivity index (χ4v) is 6.03. The summed E-state index contributed by atoms with van der Waals surface area (Å²) in [6.45, 7) is 3.82. The molecule has 35 heavy (non-hydrogen) atoms. The van der Waals surface area contributed by atoms with Gasteiger partial charge in [-0.25, -0.2) is 0 Å². The number of hydrogen-bond acceptors (Lipinski definition) is 3. The molecule has 2 heterocycles. The zero-order valence-electron chi connectivity index (χ0n) is 20.9. The summed E-state index contributed by atoms with van der Waals surface area (Å²) in [5.41, 5.74) is 3.83. The van der Waals surface area contributed by atoms with Crippen LogP contribution in [0.5, 0.6) is 0 Å². The monoisotopic (exact) mass is 474 g/mol. The highest BCUT2D eigenvalue weighted by Gasteiger charge is 2.41. The van der Waals surface area contributed by atoms with Gasteiger partial charge in [-0.15, -0.1) is 0 Å². The standard InChI is InChI=1S/C30H38N2O3/c1-2-3-7-21-12-14-22(15-13-21)29(33)31-26-11-6-10-24(18-26)28-19-25-20-32(17-16-27(25)35-28)30(34)23-8-4-5-9-23/h6,10-15,18,23,25,27-28H,2-5,7-9,16-17,19-20H2,1H3,(H,31,33). The normalized spacial score (nSPS) is 24.4. The molecule has 0 spiro atoms. The number of amides is 2. The number of carbonyl (C=O) groups is 2. The van der Waals surface area contributed by atoms with Gasteiger partial charge in [0.2, 0.25) is 5.91 Å². The molecule has 0 aromatic heterocycles. The number of hydrogen-bond donors (Lipinski definition) is 1. The minimum Gasteiger partial charge on any atom is -0.370 e. The van der Waals surface area contributed by atoms with Crippen LogP contribution in [0.25, 0.3) is 0 Å². The van der Waals surface area contributed by atoms with Crippen molar-refractivity contribution in [2.24, 2.45) is 11.8 Å². The molecule has 3 fully saturated rings. The number of ether oxygens (including phenoxy) is 1. The lowest BCUT2D eigenvalue weighted by Gasteiger charge is -2.35. The molecule has 5 heteroatoms. The number of aryl methyl sites for hydroxylation is 1. The third-order valence-electron chi connectivity index (χ3n) is 8.09. The van der Waals surface area contributed by atoms with Gasteiger partial charge in [0.25, 0.3) is 5.91 Å². The van der Waals surface area contributed by atoms with E-state index < -0.39 is 0 Å². The molecule has 1 aliphatic carbocycles. The summed E-state index contributed by atoms with van der Waals surface area (Å²) >= 11 is 0. The quantitative estimate of drug-likeness (QED) is 0.524. The van der Waals surface area contributed by atoms with Crippen LogP contribution in [0, 0.1) is 11.8 Å². The molecule has 2 saturated heterocycles. The predicted molar refractivity (Wildman–Crippen MR) is 138 cm³/mol. The van der Waals surface area contributed by atoms with Gasteiger partial charge in [0.1, 0.15) is 0 Å². The molecule has 0 radical (unpaired) electrons. The Hall–Kier alpha value is -2.66. The van der Waals surface area contributed by atoms with E-state index in [2.05, 4.69) is 35.3 Å². The predicted octanol–water partition coefficient (Wildman–Crippen LogP) is 6.15.